The number of hydrogen-bond donors (Lipinski definition) is 1. The van der Waals surface area contributed by atoms with Crippen molar-refractivity contribution in [1.29, 1.82) is 0 Å². The van der Waals surface area contributed by atoms with Gasteiger partial charge in [0, 0.05) is 23.1 Å². The minimum atomic E-state index is -3.77. The fraction of sp³-hybridized carbons (Fsp3) is 0.278. The quantitative estimate of drug-likeness (QED) is 0.724. The number of carbonyl (C=O) groups is 1. The van der Waals surface area contributed by atoms with Gasteiger partial charge in [0.05, 0.1) is 29.5 Å². The number of carbonyl (C=O) groups excluding carboxylic acids is 1. The lowest BCUT2D eigenvalue weighted by Gasteiger charge is -2.30. The van der Waals surface area contributed by atoms with E-state index in [9.17, 15) is 13.2 Å². The van der Waals surface area contributed by atoms with Crippen LogP contribution in [0.2, 0.25) is 0 Å². The highest BCUT2D eigenvalue weighted by Gasteiger charge is 2.20. The smallest absolute Gasteiger partial charge is 0.261 e. The van der Waals surface area contributed by atoms with Gasteiger partial charge in [0.2, 0.25) is 0 Å². The van der Waals surface area contributed by atoms with E-state index < -0.39 is 10.0 Å². The highest BCUT2D eigenvalue weighted by Crippen LogP contribution is 2.31. The molecule has 0 spiro atoms. The minimum absolute atomic E-state index is 0.107. The molecule has 0 radical (unpaired) electrons. The summed E-state index contributed by atoms with van der Waals surface area (Å²) in [6.45, 7) is 4.05. The maximum Gasteiger partial charge on any atom is 0.261 e. The summed E-state index contributed by atoms with van der Waals surface area (Å²) in [6, 6.07) is 11.4. The Balaban J connectivity index is 1.91. The van der Waals surface area contributed by atoms with E-state index in [1.165, 1.54) is 31.2 Å². The van der Waals surface area contributed by atoms with E-state index in [0.29, 0.717) is 37.6 Å². The molecule has 3 rings (SSSR count). The molecule has 26 heavy (non-hydrogen) atoms. The number of ketones is 1. The number of morpholine rings is 1. The Labute approximate surface area is 161 Å². The van der Waals surface area contributed by atoms with Crippen molar-refractivity contribution in [3.05, 3.63) is 52.5 Å². The predicted octanol–water partition coefficient (Wildman–Crippen LogP) is 3.29. The first-order chi connectivity index (χ1) is 12.4. The molecular weight excluding hydrogens is 420 g/mol. The van der Waals surface area contributed by atoms with Crippen molar-refractivity contribution < 1.29 is 17.9 Å². The molecule has 0 atom stereocenters. The Morgan fingerprint density at radius 1 is 1.12 bits per heavy atom. The minimum Gasteiger partial charge on any atom is -0.378 e. The summed E-state index contributed by atoms with van der Waals surface area (Å²) in [5, 5.41) is 0. The maximum atomic E-state index is 12.8. The lowest BCUT2D eigenvalue weighted by Crippen LogP contribution is -2.36. The SMILES string of the molecule is CC(=O)c1ccc(S(=O)(=O)Nc2cc(Br)ccc2N2CCOCC2)cc1. The molecule has 1 aliphatic rings. The Bertz CT molecular complexity index is 907. The van der Waals surface area contributed by atoms with Crippen molar-refractivity contribution in [3.63, 3.8) is 0 Å². The molecule has 1 saturated heterocycles. The third kappa shape index (κ3) is 4.25. The van der Waals surface area contributed by atoms with Crippen LogP contribution in [0, 0.1) is 0 Å². The van der Waals surface area contributed by atoms with Gasteiger partial charge in [-0.3, -0.25) is 9.52 Å². The van der Waals surface area contributed by atoms with E-state index in [2.05, 4.69) is 25.6 Å². The summed E-state index contributed by atoms with van der Waals surface area (Å²) in [5.74, 6) is -0.108. The number of halogens is 1. The molecule has 2 aromatic rings. The van der Waals surface area contributed by atoms with Crippen LogP contribution in [-0.2, 0) is 14.8 Å². The summed E-state index contributed by atoms with van der Waals surface area (Å²) >= 11 is 3.39. The Kier molecular flexibility index (Phi) is 5.64. The zero-order chi connectivity index (χ0) is 18.7. The maximum absolute atomic E-state index is 12.8. The van der Waals surface area contributed by atoms with Gasteiger partial charge in [-0.05, 0) is 37.3 Å². The van der Waals surface area contributed by atoms with Crippen LogP contribution in [0.1, 0.15) is 17.3 Å². The molecule has 0 bridgehead atoms. The standard InChI is InChI=1S/C18H19BrN2O4S/c1-13(22)14-2-5-16(6-3-14)26(23,24)20-17-12-15(19)4-7-18(17)21-8-10-25-11-9-21/h2-7,12,20H,8-11H2,1H3. The average Bonchev–Trinajstić information content (AvgIpc) is 2.62. The Morgan fingerprint density at radius 2 is 1.77 bits per heavy atom. The highest BCUT2D eigenvalue weighted by molar-refractivity contribution is 9.10. The van der Waals surface area contributed by atoms with Crippen LogP contribution in [0.25, 0.3) is 0 Å². The summed E-state index contributed by atoms with van der Waals surface area (Å²) in [6.07, 6.45) is 0. The number of sulfonamides is 1. The Morgan fingerprint density at radius 3 is 2.38 bits per heavy atom. The number of anilines is 2. The van der Waals surface area contributed by atoms with Crippen molar-refractivity contribution in [1.82, 2.24) is 0 Å². The lowest BCUT2D eigenvalue weighted by molar-refractivity contribution is 0.101. The first kappa shape index (κ1) is 18.9. The summed E-state index contributed by atoms with van der Waals surface area (Å²) < 4.78 is 34.4. The van der Waals surface area contributed by atoms with Gasteiger partial charge in [0.15, 0.2) is 5.78 Å². The zero-order valence-electron chi connectivity index (χ0n) is 14.2. The molecule has 2 aromatic carbocycles. The van der Waals surface area contributed by atoms with E-state index in [0.717, 1.165) is 10.2 Å². The van der Waals surface area contributed by atoms with Crippen molar-refractivity contribution in [2.75, 3.05) is 35.9 Å². The van der Waals surface area contributed by atoms with Crippen LogP contribution in [0.5, 0.6) is 0 Å². The van der Waals surface area contributed by atoms with E-state index in [-0.39, 0.29) is 10.7 Å². The largest absolute Gasteiger partial charge is 0.378 e. The molecule has 1 fully saturated rings. The van der Waals surface area contributed by atoms with Gasteiger partial charge in [-0.2, -0.15) is 0 Å². The monoisotopic (exact) mass is 438 g/mol. The second-order valence-corrected chi connectivity index (χ2v) is 8.55. The molecule has 0 unspecified atom stereocenters. The lowest BCUT2D eigenvalue weighted by atomic mass is 10.2. The first-order valence-electron chi connectivity index (χ1n) is 8.13. The molecule has 0 aromatic heterocycles. The van der Waals surface area contributed by atoms with Gasteiger partial charge in [0.25, 0.3) is 10.0 Å². The number of hydrogen-bond acceptors (Lipinski definition) is 5. The van der Waals surface area contributed by atoms with Gasteiger partial charge in [0.1, 0.15) is 0 Å². The molecule has 0 aliphatic carbocycles. The number of nitrogens with zero attached hydrogens (tertiary/aromatic N) is 1. The number of rotatable bonds is 5. The van der Waals surface area contributed by atoms with E-state index in [1.807, 2.05) is 12.1 Å². The normalized spacial score (nSPS) is 14.9. The van der Waals surface area contributed by atoms with Crippen molar-refractivity contribution in [2.45, 2.75) is 11.8 Å². The summed E-state index contributed by atoms with van der Waals surface area (Å²) in [5.41, 5.74) is 1.78. The summed E-state index contributed by atoms with van der Waals surface area (Å²) in [4.78, 5) is 13.6. The number of benzene rings is 2. The number of Topliss-reactive ketones (excluding diaryl/α,β-unsaturated/α-hetero) is 1. The van der Waals surface area contributed by atoms with Gasteiger partial charge in [-0.25, -0.2) is 8.42 Å². The van der Waals surface area contributed by atoms with Crippen LogP contribution < -0.4 is 9.62 Å². The number of ether oxygens (including phenoxy) is 1. The predicted molar refractivity (Wildman–Crippen MR) is 104 cm³/mol. The van der Waals surface area contributed by atoms with Gasteiger partial charge in [-0.1, -0.05) is 28.1 Å². The molecule has 0 saturated carbocycles. The summed E-state index contributed by atoms with van der Waals surface area (Å²) in [7, 11) is -3.77. The molecule has 0 amide bonds. The van der Waals surface area contributed by atoms with Crippen molar-refractivity contribution in [3.8, 4) is 0 Å². The second kappa shape index (κ2) is 7.77. The molecule has 1 N–H and O–H groups in total. The molecule has 1 aliphatic heterocycles. The van der Waals surface area contributed by atoms with E-state index >= 15 is 0 Å². The third-order valence-corrected chi connectivity index (χ3v) is 6.00. The van der Waals surface area contributed by atoms with Crippen molar-refractivity contribution >= 4 is 43.1 Å². The first-order valence-corrected chi connectivity index (χ1v) is 10.4. The molecule has 6 nitrogen and oxygen atoms in total. The van der Waals surface area contributed by atoms with Crippen molar-refractivity contribution in [2.24, 2.45) is 0 Å². The highest BCUT2D eigenvalue weighted by atomic mass is 79.9. The molecule has 138 valence electrons. The van der Waals surface area contributed by atoms with Gasteiger partial charge in [-0.15, -0.1) is 0 Å². The van der Waals surface area contributed by atoms with Gasteiger partial charge < -0.3 is 9.64 Å². The molecule has 8 heteroatoms. The fourth-order valence-corrected chi connectivity index (χ4v) is 4.17. The van der Waals surface area contributed by atoms with Crippen LogP contribution in [0.4, 0.5) is 11.4 Å². The van der Waals surface area contributed by atoms with Crippen LogP contribution in [0.3, 0.4) is 0 Å². The second-order valence-electron chi connectivity index (χ2n) is 5.95. The van der Waals surface area contributed by atoms with E-state index in [1.54, 1.807) is 6.07 Å². The van der Waals surface area contributed by atoms with E-state index in [4.69, 9.17) is 4.74 Å². The fourth-order valence-electron chi connectivity index (χ4n) is 2.74. The third-order valence-electron chi connectivity index (χ3n) is 4.13. The number of nitrogens with one attached hydrogen (secondary N) is 1. The average molecular weight is 439 g/mol. The molecular formula is C18H19BrN2O4S. The topological polar surface area (TPSA) is 75.7 Å². The van der Waals surface area contributed by atoms with Crippen LogP contribution in [0.15, 0.2) is 51.8 Å². The van der Waals surface area contributed by atoms with Crippen LogP contribution >= 0.6 is 15.9 Å². The Hall–Kier alpha value is -1.90. The molecule has 1 heterocycles. The zero-order valence-corrected chi connectivity index (χ0v) is 16.6. The van der Waals surface area contributed by atoms with Gasteiger partial charge >= 0.3 is 0 Å². The van der Waals surface area contributed by atoms with Crippen LogP contribution in [-0.4, -0.2) is 40.5 Å².